The zero-order valence-electron chi connectivity index (χ0n) is 10.8. The second kappa shape index (κ2) is 6.10. The quantitative estimate of drug-likeness (QED) is 0.825. The summed E-state index contributed by atoms with van der Waals surface area (Å²) in [4.78, 5) is 11.3. The highest BCUT2D eigenvalue weighted by atomic mass is 16.5. The summed E-state index contributed by atoms with van der Waals surface area (Å²) in [6, 6.07) is 7.02. The first-order chi connectivity index (χ1) is 9.20. The van der Waals surface area contributed by atoms with Crippen molar-refractivity contribution < 1.29 is 13.9 Å². The van der Waals surface area contributed by atoms with Crippen LogP contribution in [0.5, 0.6) is 0 Å². The molecule has 0 amide bonds. The third-order valence-corrected chi connectivity index (χ3v) is 2.66. The van der Waals surface area contributed by atoms with Crippen LogP contribution in [0, 0.1) is 0 Å². The Morgan fingerprint density at radius 2 is 2.32 bits per heavy atom. The van der Waals surface area contributed by atoms with E-state index in [9.17, 15) is 4.79 Å². The van der Waals surface area contributed by atoms with Crippen molar-refractivity contribution in [2.45, 2.75) is 19.5 Å². The monoisotopic (exact) mass is 261 g/mol. The average molecular weight is 261 g/mol. The van der Waals surface area contributed by atoms with Crippen LogP contribution in [-0.4, -0.2) is 23.3 Å². The van der Waals surface area contributed by atoms with Crippen molar-refractivity contribution in [1.82, 2.24) is 15.5 Å². The second-order valence-electron chi connectivity index (χ2n) is 4.01. The predicted octanol–water partition coefficient (Wildman–Crippen LogP) is 1.71. The molecular formula is C13H15N3O3. The molecule has 2 heterocycles. The fourth-order valence-corrected chi connectivity index (χ4v) is 1.58. The number of ether oxygens (including phenoxy) is 1. The Morgan fingerprint density at radius 3 is 3.00 bits per heavy atom. The van der Waals surface area contributed by atoms with E-state index in [4.69, 9.17) is 4.42 Å². The number of furan rings is 1. The number of rotatable bonds is 5. The van der Waals surface area contributed by atoms with Gasteiger partial charge in [0, 0.05) is 12.7 Å². The molecule has 0 aliphatic rings. The van der Waals surface area contributed by atoms with Crippen LogP contribution < -0.4 is 5.32 Å². The lowest BCUT2D eigenvalue weighted by molar-refractivity contribution is 0.0562. The Kier molecular flexibility index (Phi) is 4.25. The molecule has 1 N–H and O–H groups in total. The maximum absolute atomic E-state index is 11.3. The fourth-order valence-electron chi connectivity index (χ4n) is 1.58. The lowest BCUT2D eigenvalue weighted by Gasteiger charge is -2.10. The van der Waals surface area contributed by atoms with Gasteiger partial charge in [-0.2, -0.15) is 10.2 Å². The molecular weight excluding hydrogens is 246 g/mol. The molecule has 0 aliphatic carbocycles. The number of carbonyl (C=O) groups is 1. The number of nitrogens with one attached hydrogen (secondary N) is 1. The fraction of sp³-hybridized carbons (Fsp3) is 0.308. The van der Waals surface area contributed by atoms with Crippen LogP contribution in [0.3, 0.4) is 0 Å². The molecule has 0 aromatic carbocycles. The van der Waals surface area contributed by atoms with Crippen LogP contribution in [0.4, 0.5) is 0 Å². The molecule has 6 heteroatoms. The molecule has 2 aromatic rings. The van der Waals surface area contributed by atoms with E-state index in [1.807, 2.05) is 19.1 Å². The van der Waals surface area contributed by atoms with Crippen molar-refractivity contribution in [3.63, 3.8) is 0 Å². The highest BCUT2D eigenvalue weighted by Gasteiger charge is 2.15. The van der Waals surface area contributed by atoms with E-state index >= 15 is 0 Å². The Bertz CT molecular complexity index is 539. The summed E-state index contributed by atoms with van der Waals surface area (Å²) >= 11 is 0. The molecule has 1 atom stereocenters. The van der Waals surface area contributed by atoms with Crippen molar-refractivity contribution in [2.75, 3.05) is 7.11 Å². The molecule has 0 spiro atoms. The Morgan fingerprint density at radius 1 is 1.47 bits per heavy atom. The van der Waals surface area contributed by atoms with Gasteiger partial charge in [-0.15, -0.1) is 0 Å². The van der Waals surface area contributed by atoms with Crippen molar-refractivity contribution >= 4 is 5.97 Å². The predicted molar refractivity (Wildman–Crippen MR) is 67.3 cm³/mol. The summed E-state index contributed by atoms with van der Waals surface area (Å²) < 4.78 is 10.0. The van der Waals surface area contributed by atoms with Crippen LogP contribution in [0.2, 0.25) is 0 Å². The van der Waals surface area contributed by atoms with E-state index in [1.54, 1.807) is 18.3 Å². The van der Waals surface area contributed by atoms with Crippen LogP contribution in [0.15, 0.2) is 34.9 Å². The van der Waals surface area contributed by atoms with Gasteiger partial charge in [-0.1, -0.05) is 0 Å². The van der Waals surface area contributed by atoms with Crippen LogP contribution in [-0.2, 0) is 11.3 Å². The van der Waals surface area contributed by atoms with Gasteiger partial charge in [0.25, 0.3) is 0 Å². The number of hydrogen-bond acceptors (Lipinski definition) is 6. The number of esters is 1. The third kappa shape index (κ3) is 3.38. The maximum atomic E-state index is 11.3. The molecule has 2 aromatic heterocycles. The Balaban J connectivity index is 1.94. The van der Waals surface area contributed by atoms with E-state index in [2.05, 4.69) is 20.3 Å². The molecule has 6 nitrogen and oxygen atoms in total. The minimum Gasteiger partial charge on any atom is -0.463 e. The SMILES string of the molecule is COC(=O)c1ccc(C(C)NCc2cccnn2)o1. The maximum Gasteiger partial charge on any atom is 0.373 e. The van der Waals surface area contributed by atoms with Gasteiger partial charge in [-0.3, -0.25) is 0 Å². The molecule has 100 valence electrons. The van der Waals surface area contributed by atoms with Crippen molar-refractivity contribution in [3.05, 3.63) is 47.7 Å². The zero-order valence-corrected chi connectivity index (χ0v) is 10.8. The molecule has 1 unspecified atom stereocenters. The summed E-state index contributed by atoms with van der Waals surface area (Å²) in [5.74, 6) is 0.391. The van der Waals surface area contributed by atoms with Crippen molar-refractivity contribution in [1.29, 1.82) is 0 Å². The molecule has 0 radical (unpaired) electrons. The highest BCUT2D eigenvalue weighted by molar-refractivity contribution is 5.86. The lowest BCUT2D eigenvalue weighted by Crippen LogP contribution is -2.18. The van der Waals surface area contributed by atoms with Crippen molar-refractivity contribution in [3.8, 4) is 0 Å². The van der Waals surface area contributed by atoms with E-state index in [1.165, 1.54) is 7.11 Å². The molecule has 0 fully saturated rings. The smallest absolute Gasteiger partial charge is 0.373 e. The second-order valence-corrected chi connectivity index (χ2v) is 4.01. The molecule has 2 rings (SSSR count). The van der Waals surface area contributed by atoms with Gasteiger partial charge in [0.15, 0.2) is 0 Å². The van der Waals surface area contributed by atoms with Crippen LogP contribution in [0.1, 0.15) is 35.0 Å². The van der Waals surface area contributed by atoms with Crippen LogP contribution in [0.25, 0.3) is 0 Å². The number of hydrogen-bond donors (Lipinski definition) is 1. The minimum absolute atomic E-state index is 0.0413. The Hall–Kier alpha value is -2.21. The van der Waals surface area contributed by atoms with E-state index < -0.39 is 5.97 Å². The first-order valence-corrected chi connectivity index (χ1v) is 5.88. The van der Waals surface area contributed by atoms with Gasteiger partial charge in [-0.25, -0.2) is 4.79 Å². The normalized spacial score (nSPS) is 12.1. The number of nitrogens with zero attached hydrogens (tertiary/aromatic N) is 2. The van der Waals surface area contributed by atoms with E-state index in [-0.39, 0.29) is 11.8 Å². The summed E-state index contributed by atoms with van der Waals surface area (Å²) in [7, 11) is 1.32. The topological polar surface area (TPSA) is 77.2 Å². The van der Waals surface area contributed by atoms with Gasteiger partial charge >= 0.3 is 5.97 Å². The number of methoxy groups -OCH3 is 1. The van der Waals surface area contributed by atoms with Gasteiger partial charge in [0.1, 0.15) is 5.76 Å². The molecule has 0 bridgehead atoms. The average Bonchev–Trinajstić information content (AvgIpc) is 2.95. The summed E-state index contributed by atoms with van der Waals surface area (Å²) in [5.41, 5.74) is 0.842. The summed E-state index contributed by atoms with van der Waals surface area (Å²) in [5, 5.41) is 11.0. The molecule has 0 saturated carbocycles. The van der Waals surface area contributed by atoms with E-state index in [0.717, 1.165) is 5.69 Å². The van der Waals surface area contributed by atoms with Crippen LogP contribution >= 0.6 is 0 Å². The molecule has 19 heavy (non-hydrogen) atoms. The minimum atomic E-state index is -0.479. The largest absolute Gasteiger partial charge is 0.463 e. The van der Waals surface area contributed by atoms with Gasteiger partial charge in [0.05, 0.1) is 18.8 Å². The number of carbonyl (C=O) groups excluding carboxylic acids is 1. The third-order valence-electron chi connectivity index (χ3n) is 2.66. The number of aromatic nitrogens is 2. The van der Waals surface area contributed by atoms with Gasteiger partial charge in [0.2, 0.25) is 5.76 Å². The summed E-state index contributed by atoms with van der Waals surface area (Å²) in [6.07, 6.45) is 1.63. The van der Waals surface area contributed by atoms with Gasteiger partial charge in [-0.05, 0) is 31.2 Å². The first-order valence-electron chi connectivity index (χ1n) is 5.88. The Labute approximate surface area is 110 Å². The standard InChI is InChI=1S/C13H15N3O3/c1-9(14-8-10-4-3-7-15-16-10)11-5-6-12(19-11)13(17)18-2/h3-7,9,14H,8H2,1-2H3. The summed E-state index contributed by atoms with van der Waals surface area (Å²) in [6.45, 7) is 2.51. The first kappa shape index (κ1) is 13.2. The van der Waals surface area contributed by atoms with Gasteiger partial charge < -0.3 is 14.5 Å². The van der Waals surface area contributed by atoms with E-state index in [0.29, 0.717) is 12.3 Å². The zero-order chi connectivity index (χ0) is 13.7. The highest BCUT2D eigenvalue weighted by Crippen LogP contribution is 2.17. The molecule has 0 aliphatic heterocycles. The van der Waals surface area contributed by atoms with Crippen molar-refractivity contribution in [2.24, 2.45) is 0 Å². The lowest BCUT2D eigenvalue weighted by atomic mass is 10.2. The molecule has 0 saturated heterocycles.